The van der Waals surface area contributed by atoms with Crippen molar-refractivity contribution in [2.45, 2.75) is 168 Å². The lowest BCUT2D eigenvalue weighted by Crippen LogP contribution is -2.14. The Balaban J connectivity index is 3.48. The molecule has 0 amide bonds. The maximum atomic E-state index is 12.1. The maximum Gasteiger partial charge on any atom is 0.306 e. The average molecular weight is 585 g/mol. The van der Waals surface area contributed by atoms with Crippen LogP contribution in [0.2, 0.25) is 0 Å². The molecule has 0 aliphatic rings. The first-order valence-corrected chi connectivity index (χ1v) is 17.2. The molecule has 0 aromatic rings. The summed E-state index contributed by atoms with van der Waals surface area (Å²) in [7, 11) is 0. The van der Waals surface area contributed by atoms with E-state index in [-0.39, 0.29) is 12.1 Å². The van der Waals surface area contributed by atoms with Gasteiger partial charge in [-0.1, -0.05) is 138 Å². The summed E-state index contributed by atoms with van der Waals surface area (Å²) in [6.07, 6.45) is 46.4. The van der Waals surface area contributed by atoms with Crippen molar-refractivity contribution in [3.63, 3.8) is 0 Å². The molecule has 1 unspecified atom stereocenters. The second kappa shape index (κ2) is 33.1. The van der Waals surface area contributed by atoms with Gasteiger partial charge in [0.2, 0.25) is 0 Å². The summed E-state index contributed by atoms with van der Waals surface area (Å²) in [6.45, 7) is 4.18. The van der Waals surface area contributed by atoms with Crippen molar-refractivity contribution in [1.82, 2.24) is 0 Å². The molecule has 0 heterocycles. The van der Waals surface area contributed by atoms with E-state index in [1.54, 1.807) is 0 Å². The van der Waals surface area contributed by atoms with Crippen LogP contribution < -0.4 is 0 Å². The fraction of sp³-hybridized carbons (Fsp3) is 0.684. The Morgan fingerprint density at radius 2 is 0.952 bits per heavy atom. The van der Waals surface area contributed by atoms with Gasteiger partial charge in [0.05, 0.1) is 6.10 Å². The summed E-state index contributed by atoms with van der Waals surface area (Å²) in [5, 5.41) is 8.63. The first-order valence-electron chi connectivity index (χ1n) is 17.2. The summed E-state index contributed by atoms with van der Waals surface area (Å²) in [5.41, 5.74) is 0. The van der Waals surface area contributed by atoms with Crippen LogP contribution in [-0.4, -0.2) is 23.1 Å². The van der Waals surface area contributed by atoms with Gasteiger partial charge >= 0.3 is 11.9 Å². The highest BCUT2D eigenvalue weighted by molar-refractivity contribution is 5.69. The summed E-state index contributed by atoms with van der Waals surface area (Å²) in [6, 6.07) is 0. The van der Waals surface area contributed by atoms with Crippen LogP contribution in [0.1, 0.15) is 162 Å². The van der Waals surface area contributed by atoms with E-state index in [4.69, 9.17) is 9.84 Å². The zero-order valence-corrected chi connectivity index (χ0v) is 27.3. The Morgan fingerprint density at radius 3 is 1.40 bits per heavy atom. The van der Waals surface area contributed by atoms with Gasteiger partial charge in [0.15, 0.2) is 0 Å². The lowest BCUT2D eigenvalue weighted by atomic mass is 10.0. The molecule has 0 aromatic carbocycles. The number of carbonyl (C=O) groups is 2. The Bertz CT molecular complexity index is 759. The van der Waals surface area contributed by atoms with Gasteiger partial charge in [0.25, 0.3) is 0 Å². The van der Waals surface area contributed by atoms with Crippen LogP contribution in [0.5, 0.6) is 0 Å². The normalized spacial score (nSPS) is 13.0. The molecule has 0 rings (SSSR count). The second-order valence-electron chi connectivity index (χ2n) is 11.4. The van der Waals surface area contributed by atoms with Crippen LogP contribution in [-0.2, 0) is 14.3 Å². The molecular weight excluding hydrogens is 520 g/mol. The summed E-state index contributed by atoms with van der Waals surface area (Å²) in [5.74, 6) is -0.734. The number of hydrogen-bond acceptors (Lipinski definition) is 3. The molecule has 0 aliphatic carbocycles. The van der Waals surface area contributed by atoms with E-state index in [1.807, 2.05) is 6.92 Å². The van der Waals surface area contributed by atoms with Gasteiger partial charge in [-0.3, -0.25) is 9.59 Å². The van der Waals surface area contributed by atoms with Crippen LogP contribution in [0, 0.1) is 0 Å². The number of carboxylic acids is 1. The van der Waals surface area contributed by atoms with Crippen molar-refractivity contribution < 1.29 is 19.4 Å². The first-order chi connectivity index (χ1) is 20.6. The zero-order chi connectivity index (χ0) is 30.8. The third kappa shape index (κ3) is 33.8. The lowest BCUT2D eigenvalue weighted by molar-refractivity contribution is -0.148. The van der Waals surface area contributed by atoms with Crippen molar-refractivity contribution in [3.8, 4) is 0 Å². The molecule has 42 heavy (non-hydrogen) atoms. The van der Waals surface area contributed by atoms with Crippen LogP contribution in [0.4, 0.5) is 0 Å². The molecule has 4 heteroatoms. The highest BCUT2D eigenvalue weighted by atomic mass is 16.5. The van der Waals surface area contributed by atoms with Gasteiger partial charge in [-0.2, -0.15) is 0 Å². The molecule has 0 spiro atoms. The van der Waals surface area contributed by atoms with Crippen molar-refractivity contribution in [1.29, 1.82) is 0 Å². The number of aliphatic carboxylic acids is 1. The fourth-order valence-electron chi connectivity index (χ4n) is 4.73. The monoisotopic (exact) mass is 584 g/mol. The van der Waals surface area contributed by atoms with Gasteiger partial charge in [0.1, 0.15) is 0 Å². The Morgan fingerprint density at radius 1 is 0.548 bits per heavy atom. The molecule has 1 atom stereocenters. The minimum absolute atomic E-state index is 0.0235. The average Bonchev–Trinajstić information content (AvgIpc) is 2.96. The van der Waals surface area contributed by atoms with Crippen LogP contribution >= 0.6 is 0 Å². The maximum absolute atomic E-state index is 12.1. The smallest absolute Gasteiger partial charge is 0.306 e. The number of unbranched alkanes of at least 4 members (excludes halogenated alkanes) is 13. The van der Waals surface area contributed by atoms with Gasteiger partial charge in [-0.05, 0) is 71.1 Å². The first kappa shape index (κ1) is 39.6. The molecular formula is C38H64O4. The molecule has 0 bridgehead atoms. The van der Waals surface area contributed by atoms with Crippen molar-refractivity contribution in [2.24, 2.45) is 0 Å². The summed E-state index contributed by atoms with van der Waals surface area (Å²) < 4.78 is 5.59. The molecule has 0 saturated heterocycles. The van der Waals surface area contributed by atoms with E-state index in [1.165, 1.54) is 64.2 Å². The van der Waals surface area contributed by atoms with E-state index in [2.05, 4.69) is 67.7 Å². The molecule has 240 valence electrons. The number of allylic oxidation sites excluding steroid dienone is 10. The number of hydrogen-bond donors (Lipinski definition) is 1. The third-order valence-electron chi connectivity index (χ3n) is 7.24. The second-order valence-corrected chi connectivity index (χ2v) is 11.4. The summed E-state index contributed by atoms with van der Waals surface area (Å²) in [4.78, 5) is 22.6. The molecule has 1 N–H and O–H groups in total. The van der Waals surface area contributed by atoms with Gasteiger partial charge in [-0.25, -0.2) is 0 Å². The minimum Gasteiger partial charge on any atom is -0.481 e. The van der Waals surface area contributed by atoms with Crippen LogP contribution in [0.25, 0.3) is 0 Å². The molecule has 0 radical (unpaired) electrons. The van der Waals surface area contributed by atoms with E-state index in [0.29, 0.717) is 12.8 Å². The molecule has 4 nitrogen and oxygen atoms in total. The van der Waals surface area contributed by atoms with E-state index in [0.717, 1.165) is 70.6 Å². The van der Waals surface area contributed by atoms with E-state index < -0.39 is 5.97 Å². The fourth-order valence-corrected chi connectivity index (χ4v) is 4.73. The lowest BCUT2D eigenvalue weighted by Gasteiger charge is -2.13. The van der Waals surface area contributed by atoms with E-state index >= 15 is 0 Å². The van der Waals surface area contributed by atoms with Crippen LogP contribution in [0.3, 0.4) is 0 Å². The Kier molecular flexibility index (Phi) is 31.3. The van der Waals surface area contributed by atoms with Gasteiger partial charge < -0.3 is 9.84 Å². The number of carbonyl (C=O) groups excluding carboxylic acids is 1. The van der Waals surface area contributed by atoms with Gasteiger partial charge in [-0.15, -0.1) is 0 Å². The highest BCUT2D eigenvalue weighted by Crippen LogP contribution is 2.15. The largest absolute Gasteiger partial charge is 0.481 e. The summed E-state index contributed by atoms with van der Waals surface area (Å²) >= 11 is 0. The predicted octanol–water partition coefficient (Wildman–Crippen LogP) is 11.8. The number of esters is 1. The molecule has 0 aromatic heterocycles. The zero-order valence-electron chi connectivity index (χ0n) is 27.3. The van der Waals surface area contributed by atoms with Gasteiger partial charge in [0, 0.05) is 12.8 Å². The SMILES string of the molecule is CC/C=C\C/C=C\C/C=C\C/C=C\C/C=C\CCCC(=O)OC(C)CCCCCCCCCCCCCCCC(=O)O. The number of rotatable bonds is 30. The standard InChI is InChI=1S/C38H64O4/c1-3-4-5-6-7-8-9-10-11-12-13-17-20-23-26-29-32-35-38(41)42-36(2)33-30-27-24-21-18-15-14-16-19-22-25-28-31-34-37(39)40/h4-5,7-8,10-11,13,17,23,26,36H,3,6,9,12,14-16,18-22,24-25,27-35H2,1-2H3,(H,39,40)/b5-4-,8-7-,11-10-,17-13-,26-23-. The van der Waals surface area contributed by atoms with Crippen molar-refractivity contribution in [3.05, 3.63) is 60.8 Å². The highest BCUT2D eigenvalue weighted by Gasteiger charge is 2.08. The number of carboxylic acid groups (broad SMARTS) is 1. The molecule has 0 aliphatic heterocycles. The number of ether oxygens (including phenoxy) is 1. The molecule has 0 fully saturated rings. The van der Waals surface area contributed by atoms with Crippen molar-refractivity contribution in [2.75, 3.05) is 0 Å². The third-order valence-corrected chi connectivity index (χ3v) is 7.24. The quantitative estimate of drug-likeness (QED) is 0.0518. The van der Waals surface area contributed by atoms with E-state index in [9.17, 15) is 9.59 Å². The predicted molar refractivity (Wildman–Crippen MR) is 181 cm³/mol. The topological polar surface area (TPSA) is 63.6 Å². The van der Waals surface area contributed by atoms with Crippen LogP contribution in [0.15, 0.2) is 60.8 Å². The Hall–Kier alpha value is -2.36. The van der Waals surface area contributed by atoms with Crippen molar-refractivity contribution >= 4 is 11.9 Å². The minimum atomic E-state index is -0.674. The molecule has 0 saturated carbocycles. The Labute approximate surface area is 259 Å².